The summed E-state index contributed by atoms with van der Waals surface area (Å²) >= 11 is 3.39. The Labute approximate surface area is 169 Å². The number of benzene rings is 1. The molecule has 0 unspecified atom stereocenters. The first-order valence-corrected chi connectivity index (χ1v) is 9.86. The number of anilines is 1. The second-order valence-corrected chi connectivity index (χ2v) is 7.96. The average molecular weight is 448 g/mol. The van der Waals surface area contributed by atoms with E-state index in [1.54, 1.807) is 7.05 Å². The molecule has 1 saturated heterocycles. The van der Waals surface area contributed by atoms with Crippen molar-refractivity contribution in [1.82, 2.24) is 29.0 Å². The Morgan fingerprint density at radius 1 is 1.11 bits per heavy atom. The largest absolute Gasteiger partial charge is 0.332 e. The molecule has 0 amide bonds. The van der Waals surface area contributed by atoms with E-state index in [0.717, 1.165) is 36.2 Å². The molecule has 0 spiro atoms. The van der Waals surface area contributed by atoms with Gasteiger partial charge in [0.25, 0.3) is 5.56 Å². The monoisotopic (exact) mass is 447 g/mol. The van der Waals surface area contributed by atoms with Gasteiger partial charge in [0.2, 0.25) is 5.95 Å². The van der Waals surface area contributed by atoms with E-state index in [-0.39, 0.29) is 12.1 Å². The third kappa shape index (κ3) is 3.62. The third-order valence-electron chi connectivity index (χ3n) is 5.00. The maximum atomic E-state index is 12.9. The zero-order valence-electron chi connectivity index (χ0n) is 15.8. The van der Waals surface area contributed by atoms with Gasteiger partial charge in [-0.1, -0.05) is 28.1 Å². The van der Waals surface area contributed by atoms with Crippen LogP contribution in [-0.2, 0) is 13.6 Å². The highest BCUT2D eigenvalue weighted by atomic mass is 79.9. The molecule has 148 valence electrons. The van der Waals surface area contributed by atoms with Gasteiger partial charge in [0.1, 0.15) is 0 Å². The first-order chi connectivity index (χ1) is 13.4. The van der Waals surface area contributed by atoms with E-state index in [2.05, 4.69) is 48.3 Å². The predicted molar refractivity (Wildman–Crippen MR) is 112 cm³/mol. The molecule has 2 N–H and O–H groups in total. The molecular weight excluding hydrogens is 426 g/mol. The summed E-state index contributed by atoms with van der Waals surface area (Å²) in [6, 6.07) is 7.54. The van der Waals surface area contributed by atoms with Crippen LogP contribution < -0.4 is 16.7 Å². The number of aromatic amines is 1. The van der Waals surface area contributed by atoms with Gasteiger partial charge in [-0.05, 0) is 24.7 Å². The van der Waals surface area contributed by atoms with Gasteiger partial charge in [0.05, 0.1) is 6.54 Å². The van der Waals surface area contributed by atoms with Crippen LogP contribution in [0.5, 0.6) is 0 Å². The number of aryl methyl sites for hydroxylation is 1. The van der Waals surface area contributed by atoms with E-state index >= 15 is 0 Å². The van der Waals surface area contributed by atoms with Gasteiger partial charge in [-0.2, -0.15) is 4.98 Å². The van der Waals surface area contributed by atoms with Gasteiger partial charge in [0, 0.05) is 37.7 Å². The molecule has 1 aliphatic rings. The number of piperazine rings is 1. The Hall–Kier alpha value is -2.43. The fourth-order valence-corrected chi connectivity index (χ4v) is 3.55. The molecule has 0 atom stereocenters. The van der Waals surface area contributed by atoms with Crippen LogP contribution in [-0.4, -0.2) is 62.2 Å². The first kappa shape index (κ1) is 18.9. The minimum Gasteiger partial charge on any atom is -0.317 e. The lowest BCUT2D eigenvalue weighted by Crippen LogP contribution is -2.47. The van der Waals surface area contributed by atoms with Gasteiger partial charge in [-0.25, -0.2) is 9.80 Å². The summed E-state index contributed by atoms with van der Waals surface area (Å²) in [7, 11) is 3.71. The number of H-pyrrole nitrogens is 1. The number of hydrogen-bond acceptors (Lipinski definition) is 6. The summed E-state index contributed by atoms with van der Waals surface area (Å²) in [5.74, 6) is 0.466. The van der Waals surface area contributed by atoms with Crippen molar-refractivity contribution in [3.63, 3.8) is 0 Å². The van der Waals surface area contributed by atoms with Crippen LogP contribution in [0.2, 0.25) is 0 Å². The average Bonchev–Trinajstić information content (AvgIpc) is 3.11. The van der Waals surface area contributed by atoms with E-state index in [9.17, 15) is 9.59 Å². The fraction of sp³-hybridized carbons (Fsp3) is 0.389. The third-order valence-corrected chi connectivity index (χ3v) is 5.53. The lowest BCUT2D eigenvalue weighted by Gasteiger charge is -2.32. The number of likely N-dealkylation sites (N-methyl/N-ethyl adjacent to an activating group) is 1. The minimum absolute atomic E-state index is 0.203. The smallest absolute Gasteiger partial charge is 0.317 e. The molecule has 0 saturated carbocycles. The van der Waals surface area contributed by atoms with Crippen molar-refractivity contribution in [2.24, 2.45) is 7.05 Å². The lowest BCUT2D eigenvalue weighted by molar-refractivity contribution is 0.178. The normalized spacial score (nSPS) is 16.0. The van der Waals surface area contributed by atoms with Crippen molar-refractivity contribution >= 4 is 33.0 Å². The van der Waals surface area contributed by atoms with Crippen LogP contribution in [0.15, 0.2) is 38.3 Å². The number of halogens is 1. The summed E-state index contributed by atoms with van der Waals surface area (Å²) in [5, 5.41) is 2.05. The van der Waals surface area contributed by atoms with E-state index in [0.29, 0.717) is 17.1 Å². The molecular formula is C18H22BrN7O2. The molecule has 2 aromatic heterocycles. The number of rotatable bonds is 4. The van der Waals surface area contributed by atoms with Gasteiger partial charge >= 0.3 is 5.69 Å². The first-order valence-electron chi connectivity index (χ1n) is 9.06. The molecule has 1 aliphatic heterocycles. The van der Waals surface area contributed by atoms with E-state index < -0.39 is 5.69 Å². The highest BCUT2D eigenvalue weighted by Gasteiger charge is 2.18. The quantitative estimate of drug-likeness (QED) is 0.614. The second kappa shape index (κ2) is 7.53. The van der Waals surface area contributed by atoms with Crippen molar-refractivity contribution in [3.05, 3.63) is 55.1 Å². The Balaban J connectivity index is 1.68. The Bertz CT molecular complexity index is 1110. The fourth-order valence-electron chi connectivity index (χ4n) is 3.28. The van der Waals surface area contributed by atoms with Crippen molar-refractivity contribution in [1.29, 1.82) is 0 Å². The lowest BCUT2D eigenvalue weighted by atomic mass is 10.2. The zero-order valence-corrected chi connectivity index (χ0v) is 17.4. The van der Waals surface area contributed by atoms with Crippen LogP contribution >= 0.6 is 15.9 Å². The number of hydrogen-bond donors (Lipinski definition) is 2. The molecule has 10 heteroatoms. The minimum atomic E-state index is -0.391. The Kier molecular flexibility index (Phi) is 5.09. The molecule has 3 aromatic rings. The summed E-state index contributed by atoms with van der Waals surface area (Å²) in [6.45, 7) is 3.80. The van der Waals surface area contributed by atoms with Crippen LogP contribution in [0.3, 0.4) is 0 Å². The Morgan fingerprint density at radius 2 is 1.79 bits per heavy atom. The molecule has 1 aromatic carbocycles. The van der Waals surface area contributed by atoms with Gasteiger partial charge < -0.3 is 9.88 Å². The summed E-state index contributed by atoms with van der Waals surface area (Å²) < 4.78 is 3.57. The topological polar surface area (TPSA) is 91.2 Å². The number of imidazole rings is 1. The van der Waals surface area contributed by atoms with Crippen LogP contribution in [0, 0.1) is 0 Å². The SMILES string of the molecule is CN1CCN(Nc2nc3c([nH]2)c(=O)n(Cc2ccc(Br)cc2)c(=O)n3C)CC1. The maximum absolute atomic E-state index is 12.9. The summed E-state index contributed by atoms with van der Waals surface area (Å²) in [4.78, 5) is 35.4. The molecule has 0 radical (unpaired) electrons. The van der Waals surface area contributed by atoms with Crippen molar-refractivity contribution in [2.45, 2.75) is 6.54 Å². The van der Waals surface area contributed by atoms with Crippen LogP contribution in [0.1, 0.15) is 5.56 Å². The molecule has 28 heavy (non-hydrogen) atoms. The number of nitrogens with zero attached hydrogens (tertiary/aromatic N) is 5. The predicted octanol–water partition coefficient (Wildman–Crippen LogP) is 0.808. The van der Waals surface area contributed by atoms with Crippen molar-refractivity contribution < 1.29 is 0 Å². The van der Waals surface area contributed by atoms with E-state index in [1.165, 1.54) is 9.13 Å². The van der Waals surface area contributed by atoms with Gasteiger partial charge in [-0.3, -0.25) is 19.4 Å². The summed E-state index contributed by atoms with van der Waals surface area (Å²) in [5.41, 5.74) is 3.98. The molecule has 3 heterocycles. The number of aromatic nitrogens is 4. The molecule has 0 bridgehead atoms. The van der Waals surface area contributed by atoms with Gasteiger partial charge in [-0.15, -0.1) is 0 Å². The van der Waals surface area contributed by atoms with Crippen LogP contribution in [0.25, 0.3) is 11.2 Å². The van der Waals surface area contributed by atoms with Crippen molar-refractivity contribution in [2.75, 3.05) is 38.7 Å². The zero-order chi connectivity index (χ0) is 19.8. The van der Waals surface area contributed by atoms with Gasteiger partial charge in [0.15, 0.2) is 11.2 Å². The molecule has 4 rings (SSSR count). The van der Waals surface area contributed by atoms with E-state index in [1.807, 2.05) is 24.3 Å². The molecule has 1 fully saturated rings. The van der Waals surface area contributed by atoms with Crippen LogP contribution in [0.4, 0.5) is 5.95 Å². The Morgan fingerprint density at radius 3 is 2.46 bits per heavy atom. The highest BCUT2D eigenvalue weighted by Crippen LogP contribution is 2.13. The summed E-state index contributed by atoms with van der Waals surface area (Å²) in [6.07, 6.45) is 0. The van der Waals surface area contributed by atoms with E-state index in [4.69, 9.17) is 0 Å². The highest BCUT2D eigenvalue weighted by molar-refractivity contribution is 9.10. The molecule has 9 nitrogen and oxygen atoms in total. The number of nitrogens with one attached hydrogen (secondary N) is 2. The molecule has 0 aliphatic carbocycles. The van der Waals surface area contributed by atoms with Crippen molar-refractivity contribution in [3.8, 4) is 0 Å². The standard InChI is InChI=1S/C18H22BrN7O2/c1-23-7-9-25(10-8-23)22-17-20-14-15(21-17)24(2)18(28)26(16(14)27)11-12-3-5-13(19)6-4-12/h3-6H,7-11H2,1-2H3,(H2,20,21,22). The number of hydrazine groups is 1. The second-order valence-electron chi connectivity index (χ2n) is 7.05. The number of fused-ring (bicyclic) bond motifs is 1. The maximum Gasteiger partial charge on any atom is 0.332 e.